The maximum absolute atomic E-state index is 10.6. The number of hydrogen-bond donors (Lipinski definition) is 2. The van der Waals surface area contributed by atoms with E-state index in [0.29, 0.717) is 12.3 Å². The summed E-state index contributed by atoms with van der Waals surface area (Å²) in [5.41, 5.74) is 6.41. The molecule has 3 N–H and O–H groups in total. The molecule has 1 aliphatic heterocycles. The average molecular weight is 262 g/mol. The fourth-order valence-corrected chi connectivity index (χ4v) is 2.45. The number of nitrogens with one attached hydrogen (secondary N) is 1. The number of primary amides is 1. The number of unbranched alkanes of at least 4 members (excludes halogenated alkanes) is 1. The molecule has 1 unspecified atom stereocenters. The fraction of sp³-hybridized carbons (Fsp3) is 0.533. The van der Waals surface area contributed by atoms with Crippen molar-refractivity contribution in [3.63, 3.8) is 0 Å². The third-order valence-electron chi connectivity index (χ3n) is 3.50. The lowest BCUT2D eigenvalue weighted by molar-refractivity contribution is -0.118. The summed E-state index contributed by atoms with van der Waals surface area (Å²) in [5, 5.41) is 3.46. The number of para-hydroxylation sites is 1. The number of carbonyl (C=O) groups excluding carboxylic acids is 1. The first-order valence-corrected chi connectivity index (χ1v) is 6.98. The lowest BCUT2D eigenvalue weighted by atomic mass is 9.93. The Hall–Kier alpha value is -1.55. The van der Waals surface area contributed by atoms with Crippen molar-refractivity contribution in [2.24, 2.45) is 5.73 Å². The van der Waals surface area contributed by atoms with Crippen LogP contribution in [0.25, 0.3) is 0 Å². The Kier molecular flexibility index (Phi) is 5.21. The van der Waals surface area contributed by atoms with Gasteiger partial charge in [-0.3, -0.25) is 4.79 Å². The summed E-state index contributed by atoms with van der Waals surface area (Å²) >= 11 is 0. The number of fused-ring (bicyclic) bond motifs is 1. The summed E-state index contributed by atoms with van der Waals surface area (Å²) in [4.78, 5) is 10.6. The summed E-state index contributed by atoms with van der Waals surface area (Å²) in [6.45, 7) is 2.70. The van der Waals surface area contributed by atoms with E-state index in [9.17, 15) is 4.79 Å². The molecule has 0 radical (unpaired) electrons. The molecule has 19 heavy (non-hydrogen) atoms. The van der Waals surface area contributed by atoms with Crippen LogP contribution in [0.4, 0.5) is 0 Å². The van der Waals surface area contributed by atoms with Gasteiger partial charge < -0.3 is 15.8 Å². The smallest absolute Gasteiger partial charge is 0.217 e. The van der Waals surface area contributed by atoms with Crippen LogP contribution in [-0.4, -0.2) is 25.6 Å². The van der Waals surface area contributed by atoms with E-state index in [2.05, 4.69) is 17.4 Å². The first kappa shape index (κ1) is 13.9. The van der Waals surface area contributed by atoms with E-state index in [1.54, 1.807) is 0 Å². The molecule has 1 aromatic rings. The molecule has 1 amide bonds. The van der Waals surface area contributed by atoms with Gasteiger partial charge in [0.25, 0.3) is 0 Å². The Morgan fingerprint density at radius 1 is 1.37 bits per heavy atom. The van der Waals surface area contributed by atoms with Gasteiger partial charge in [0.05, 0.1) is 6.61 Å². The van der Waals surface area contributed by atoms with E-state index in [-0.39, 0.29) is 5.91 Å². The van der Waals surface area contributed by atoms with E-state index in [1.807, 2.05) is 12.1 Å². The van der Waals surface area contributed by atoms with Gasteiger partial charge in [-0.1, -0.05) is 18.2 Å². The first-order chi connectivity index (χ1) is 9.27. The number of rotatable bonds is 7. The number of hydrogen-bond acceptors (Lipinski definition) is 3. The highest BCUT2D eigenvalue weighted by Gasteiger charge is 2.20. The van der Waals surface area contributed by atoms with Crippen molar-refractivity contribution < 1.29 is 9.53 Å². The molecule has 2 rings (SSSR count). The Labute approximate surface area is 114 Å². The highest BCUT2D eigenvalue weighted by Crippen LogP contribution is 2.32. The third-order valence-corrected chi connectivity index (χ3v) is 3.50. The van der Waals surface area contributed by atoms with E-state index in [4.69, 9.17) is 10.5 Å². The second-order valence-corrected chi connectivity index (χ2v) is 5.00. The van der Waals surface area contributed by atoms with Gasteiger partial charge >= 0.3 is 0 Å². The van der Waals surface area contributed by atoms with Crippen molar-refractivity contribution in [2.45, 2.75) is 31.6 Å². The molecule has 0 saturated carbocycles. The number of benzene rings is 1. The van der Waals surface area contributed by atoms with E-state index in [0.717, 1.165) is 44.7 Å². The van der Waals surface area contributed by atoms with Crippen LogP contribution in [0.3, 0.4) is 0 Å². The molecule has 4 heteroatoms. The van der Waals surface area contributed by atoms with Crippen LogP contribution >= 0.6 is 0 Å². The molecule has 1 aromatic carbocycles. The van der Waals surface area contributed by atoms with Gasteiger partial charge in [-0.15, -0.1) is 0 Å². The molecule has 0 saturated heterocycles. The van der Waals surface area contributed by atoms with Gasteiger partial charge in [0.2, 0.25) is 5.91 Å². The monoisotopic (exact) mass is 262 g/mol. The van der Waals surface area contributed by atoms with Crippen molar-refractivity contribution in [2.75, 3.05) is 19.7 Å². The van der Waals surface area contributed by atoms with Crippen molar-refractivity contribution in [1.82, 2.24) is 5.32 Å². The van der Waals surface area contributed by atoms with Crippen LogP contribution in [0.2, 0.25) is 0 Å². The number of ether oxygens (including phenoxy) is 1. The average Bonchev–Trinajstić information content (AvgIpc) is 2.42. The molecule has 0 aromatic heterocycles. The van der Waals surface area contributed by atoms with Crippen LogP contribution in [0, 0.1) is 0 Å². The highest BCUT2D eigenvalue weighted by molar-refractivity contribution is 5.73. The minimum atomic E-state index is -0.210. The minimum absolute atomic E-state index is 0.210. The van der Waals surface area contributed by atoms with Crippen LogP contribution in [0.1, 0.15) is 37.2 Å². The largest absolute Gasteiger partial charge is 0.493 e. The van der Waals surface area contributed by atoms with E-state index in [1.165, 1.54) is 5.56 Å². The van der Waals surface area contributed by atoms with Crippen LogP contribution in [0.15, 0.2) is 24.3 Å². The molecule has 0 bridgehead atoms. The second-order valence-electron chi connectivity index (χ2n) is 5.00. The van der Waals surface area contributed by atoms with Crippen molar-refractivity contribution >= 4 is 5.91 Å². The minimum Gasteiger partial charge on any atom is -0.493 e. The maximum atomic E-state index is 10.6. The maximum Gasteiger partial charge on any atom is 0.217 e. The molecular weight excluding hydrogens is 240 g/mol. The number of nitrogens with two attached hydrogens (primary N) is 1. The Morgan fingerprint density at radius 3 is 3.05 bits per heavy atom. The second kappa shape index (κ2) is 7.14. The standard InChI is InChI=1S/C15H22N2O2/c16-15(18)7-3-4-9-17-11-12-8-10-19-14-6-2-1-5-13(12)14/h1-2,5-6,12,17H,3-4,7-11H2,(H2,16,18). The summed E-state index contributed by atoms with van der Waals surface area (Å²) in [5.74, 6) is 1.34. The van der Waals surface area contributed by atoms with Gasteiger partial charge in [-0.2, -0.15) is 0 Å². The third kappa shape index (κ3) is 4.24. The Morgan fingerprint density at radius 2 is 2.21 bits per heavy atom. The normalized spacial score (nSPS) is 17.6. The molecule has 0 aliphatic carbocycles. The Balaban J connectivity index is 1.71. The quantitative estimate of drug-likeness (QED) is 0.736. The Bertz CT molecular complexity index is 420. The van der Waals surface area contributed by atoms with Gasteiger partial charge in [-0.25, -0.2) is 0 Å². The fourth-order valence-electron chi connectivity index (χ4n) is 2.45. The zero-order valence-corrected chi connectivity index (χ0v) is 11.2. The summed E-state index contributed by atoms with van der Waals surface area (Å²) in [6, 6.07) is 8.26. The lowest BCUT2D eigenvalue weighted by Crippen LogP contribution is -2.26. The highest BCUT2D eigenvalue weighted by atomic mass is 16.5. The van der Waals surface area contributed by atoms with Crippen LogP contribution in [-0.2, 0) is 4.79 Å². The molecule has 104 valence electrons. The molecule has 0 fully saturated rings. The van der Waals surface area contributed by atoms with E-state index >= 15 is 0 Å². The van der Waals surface area contributed by atoms with Crippen molar-refractivity contribution in [3.8, 4) is 5.75 Å². The number of carbonyl (C=O) groups is 1. The van der Waals surface area contributed by atoms with Crippen molar-refractivity contribution in [1.29, 1.82) is 0 Å². The lowest BCUT2D eigenvalue weighted by Gasteiger charge is -2.26. The molecule has 4 nitrogen and oxygen atoms in total. The summed E-state index contributed by atoms with van der Waals surface area (Å²) in [7, 11) is 0. The first-order valence-electron chi connectivity index (χ1n) is 6.98. The van der Waals surface area contributed by atoms with E-state index < -0.39 is 0 Å². The van der Waals surface area contributed by atoms with Crippen LogP contribution in [0.5, 0.6) is 5.75 Å². The van der Waals surface area contributed by atoms with Crippen molar-refractivity contribution in [3.05, 3.63) is 29.8 Å². The van der Waals surface area contributed by atoms with Gasteiger partial charge in [-0.05, 0) is 37.4 Å². The zero-order chi connectivity index (χ0) is 13.5. The topological polar surface area (TPSA) is 64.4 Å². The predicted octanol–water partition coefficient (Wildman–Crippen LogP) is 1.80. The number of amides is 1. The zero-order valence-electron chi connectivity index (χ0n) is 11.2. The van der Waals surface area contributed by atoms with Gasteiger partial charge in [0, 0.05) is 18.9 Å². The van der Waals surface area contributed by atoms with Gasteiger partial charge in [0.15, 0.2) is 0 Å². The molecule has 1 aliphatic rings. The SMILES string of the molecule is NC(=O)CCCCNCC1CCOc2ccccc21. The molecular formula is C15H22N2O2. The van der Waals surface area contributed by atoms with Gasteiger partial charge in [0.1, 0.15) is 5.75 Å². The predicted molar refractivity (Wildman–Crippen MR) is 75.2 cm³/mol. The summed E-state index contributed by atoms with van der Waals surface area (Å²) in [6.07, 6.45) is 3.41. The summed E-state index contributed by atoms with van der Waals surface area (Å²) < 4.78 is 5.65. The molecule has 1 heterocycles. The molecule has 1 atom stereocenters. The van der Waals surface area contributed by atoms with Crippen LogP contribution < -0.4 is 15.8 Å². The molecule has 0 spiro atoms.